The molecule has 0 N–H and O–H groups in total. The third-order valence-electron chi connectivity index (χ3n) is 0.751. The van der Waals surface area contributed by atoms with Crippen molar-refractivity contribution in [1.82, 2.24) is 0 Å². The average Bonchev–Trinajstić information content (AvgIpc) is 1.89. The molecule has 0 aromatic carbocycles. The first-order chi connectivity index (χ1) is 4.41. The second-order valence-electron chi connectivity index (χ2n) is 1.45. The molecule has 0 aliphatic heterocycles. The molecule has 0 fully saturated rings. The van der Waals surface area contributed by atoms with Crippen LogP contribution in [0, 0.1) is 23.2 Å². The summed E-state index contributed by atoms with van der Waals surface area (Å²) in [5.41, 5.74) is 0. The number of nitriles is 1. The average molecular weight is 121 g/mol. The Morgan fingerprint density at radius 1 is 1.44 bits per heavy atom. The van der Waals surface area contributed by atoms with Crippen LogP contribution in [0.4, 0.5) is 0 Å². The van der Waals surface area contributed by atoms with E-state index in [9.17, 15) is 4.79 Å². The van der Waals surface area contributed by atoms with Crippen LogP contribution in [-0.2, 0) is 4.79 Å². The molecule has 0 saturated carbocycles. The fourth-order valence-electron chi connectivity index (χ4n) is 0.370. The van der Waals surface area contributed by atoms with Gasteiger partial charge in [0, 0.05) is 12.8 Å². The van der Waals surface area contributed by atoms with E-state index in [1.807, 2.05) is 6.07 Å². The van der Waals surface area contributed by atoms with Crippen LogP contribution in [0.25, 0.3) is 0 Å². The molecular weight excluding hydrogens is 114 g/mol. The van der Waals surface area contributed by atoms with Crippen LogP contribution in [0.1, 0.15) is 19.3 Å². The minimum absolute atomic E-state index is 0.521. The number of unbranched alkanes of at least 4 members (excludes halogenated alkanes) is 2. The highest BCUT2D eigenvalue weighted by molar-refractivity contribution is 5.72. The van der Waals surface area contributed by atoms with Gasteiger partial charge >= 0.3 is 0 Å². The highest BCUT2D eigenvalue weighted by Crippen LogP contribution is 1.89. The molecule has 2 heteroatoms. The molecule has 0 radical (unpaired) electrons. The molecule has 0 heterocycles. The number of rotatable bonds is 2. The lowest BCUT2D eigenvalue weighted by Gasteiger charge is -1.78. The summed E-state index contributed by atoms with van der Waals surface area (Å²) in [7, 11) is 0. The normalized spacial score (nSPS) is 6.56. The summed E-state index contributed by atoms with van der Waals surface area (Å²) in [6, 6.07) is 1.99. The predicted molar refractivity (Wildman–Crippen MR) is 33.3 cm³/mol. The Morgan fingerprint density at radius 3 is 2.78 bits per heavy atom. The lowest BCUT2D eigenvalue weighted by atomic mass is 10.2. The smallest absolute Gasteiger partial charge is 0.192 e. The zero-order valence-electron chi connectivity index (χ0n) is 5.05. The molecule has 0 aromatic rings. The van der Waals surface area contributed by atoms with Crippen LogP contribution < -0.4 is 0 Å². The third kappa shape index (κ3) is 6.72. The molecule has 0 bridgehead atoms. The van der Waals surface area contributed by atoms with Crippen molar-refractivity contribution >= 4 is 6.29 Å². The van der Waals surface area contributed by atoms with Crippen molar-refractivity contribution in [3.05, 3.63) is 0 Å². The Balaban J connectivity index is 3.11. The van der Waals surface area contributed by atoms with Gasteiger partial charge in [-0.05, 0) is 12.3 Å². The molecule has 0 aliphatic rings. The maximum absolute atomic E-state index is 9.60. The summed E-state index contributed by atoms with van der Waals surface area (Å²) >= 11 is 0. The molecule has 0 spiro atoms. The van der Waals surface area contributed by atoms with E-state index in [1.165, 1.54) is 0 Å². The SMILES string of the molecule is N#CCCCC#CC=O. The summed E-state index contributed by atoms with van der Waals surface area (Å²) < 4.78 is 0. The molecule has 9 heavy (non-hydrogen) atoms. The third-order valence-corrected chi connectivity index (χ3v) is 0.751. The van der Waals surface area contributed by atoms with Crippen molar-refractivity contribution in [1.29, 1.82) is 5.26 Å². The largest absolute Gasteiger partial charge is 0.289 e. The maximum Gasteiger partial charge on any atom is 0.192 e. The molecule has 0 atom stereocenters. The van der Waals surface area contributed by atoms with Crippen molar-refractivity contribution in [2.75, 3.05) is 0 Å². The lowest BCUT2D eigenvalue weighted by Crippen LogP contribution is -1.69. The first-order valence-corrected chi connectivity index (χ1v) is 2.71. The number of carbonyl (C=O) groups excluding carboxylic acids is 1. The Labute approximate surface area is 54.5 Å². The van der Waals surface area contributed by atoms with E-state index in [-0.39, 0.29) is 0 Å². The number of hydrogen-bond donors (Lipinski definition) is 0. The van der Waals surface area contributed by atoms with E-state index < -0.39 is 0 Å². The second-order valence-corrected chi connectivity index (χ2v) is 1.45. The Kier molecular flexibility index (Phi) is 5.76. The van der Waals surface area contributed by atoms with Gasteiger partial charge in [0.1, 0.15) is 0 Å². The Morgan fingerprint density at radius 2 is 2.22 bits per heavy atom. The molecule has 0 aliphatic carbocycles. The van der Waals surface area contributed by atoms with Crippen LogP contribution in [-0.4, -0.2) is 6.29 Å². The van der Waals surface area contributed by atoms with Gasteiger partial charge in [-0.2, -0.15) is 5.26 Å². The van der Waals surface area contributed by atoms with Crippen molar-refractivity contribution < 1.29 is 4.79 Å². The standard InChI is InChI=1S/C7H7NO/c8-6-4-2-1-3-5-7-9/h7H,1-2,4H2. The zero-order valence-corrected chi connectivity index (χ0v) is 5.05. The van der Waals surface area contributed by atoms with E-state index >= 15 is 0 Å². The summed E-state index contributed by atoms with van der Waals surface area (Å²) in [5.74, 6) is 4.87. The fourth-order valence-corrected chi connectivity index (χ4v) is 0.370. The quantitative estimate of drug-likeness (QED) is 0.309. The van der Waals surface area contributed by atoms with E-state index in [4.69, 9.17) is 5.26 Å². The van der Waals surface area contributed by atoms with Gasteiger partial charge in [-0.15, -0.1) is 0 Å². The summed E-state index contributed by atoms with van der Waals surface area (Å²) in [4.78, 5) is 9.60. The monoisotopic (exact) mass is 121 g/mol. The highest BCUT2D eigenvalue weighted by Gasteiger charge is 1.78. The van der Waals surface area contributed by atoms with Crippen molar-refractivity contribution in [2.45, 2.75) is 19.3 Å². The van der Waals surface area contributed by atoms with Gasteiger partial charge in [0.15, 0.2) is 6.29 Å². The zero-order chi connectivity index (χ0) is 6.95. The Hall–Kier alpha value is -1.28. The number of nitrogens with zero attached hydrogens (tertiary/aromatic N) is 1. The first kappa shape index (κ1) is 7.72. The topological polar surface area (TPSA) is 40.9 Å². The van der Waals surface area contributed by atoms with Gasteiger partial charge in [0.05, 0.1) is 6.07 Å². The van der Waals surface area contributed by atoms with Gasteiger partial charge in [-0.1, -0.05) is 5.92 Å². The van der Waals surface area contributed by atoms with Gasteiger partial charge in [-0.25, -0.2) is 0 Å². The van der Waals surface area contributed by atoms with E-state index in [0.717, 1.165) is 6.42 Å². The first-order valence-electron chi connectivity index (χ1n) is 2.71. The highest BCUT2D eigenvalue weighted by atomic mass is 16.1. The fraction of sp³-hybridized carbons (Fsp3) is 0.429. The summed E-state index contributed by atoms with van der Waals surface area (Å²) in [6.07, 6.45) is 2.49. The molecule has 0 unspecified atom stereocenters. The van der Waals surface area contributed by atoms with Crippen molar-refractivity contribution in [2.24, 2.45) is 0 Å². The maximum atomic E-state index is 9.60. The molecule has 0 saturated heterocycles. The van der Waals surface area contributed by atoms with Gasteiger partial charge in [0.2, 0.25) is 0 Å². The van der Waals surface area contributed by atoms with Crippen molar-refractivity contribution in [3.8, 4) is 17.9 Å². The second kappa shape index (κ2) is 6.72. The predicted octanol–water partition coefficient (Wildman–Crippen LogP) is 0.883. The number of carbonyl (C=O) groups is 1. The molecule has 46 valence electrons. The minimum atomic E-state index is 0.521. The number of aldehydes is 1. The van der Waals surface area contributed by atoms with E-state index in [1.54, 1.807) is 0 Å². The molecule has 0 rings (SSSR count). The van der Waals surface area contributed by atoms with Crippen LogP contribution in [0.5, 0.6) is 0 Å². The lowest BCUT2D eigenvalue weighted by molar-refractivity contribution is -0.103. The molecule has 2 nitrogen and oxygen atoms in total. The summed E-state index contributed by atoms with van der Waals surface area (Å²) in [6.45, 7) is 0. The molecule has 0 aromatic heterocycles. The number of hydrogen-bond acceptors (Lipinski definition) is 2. The molecular formula is C7H7NO. The van der Waals surface area contributed by atoms with Gasteiger partial charge in [-0.3, -0.25) is 4.79 Å². The van der Waals surface area contributed by atoms with Crippen LogP contribution in [0.15, 0.2) is 0 Å². The van der Waals surface area contributed by atoms with Gasteiger partial charge in [0.25, 0.3) is 0 Å². The minimum Gasteiger partial charge on any atom is -0.289 e. The van der Waals surface area contributed by atoms with Crippen LogP contribution in [0.3, 0.4) is 0 Å². The van der Waals surface area contributed by atoms with Gasteiger partial charge < -0.3 is 0 Å². The van der Waals surface area contributed by atoms with Crippen LogP contribution >= 0.6 is 0 Å². The van der Waals surface area contributed by atoms with E-state index in [0.29, 0.717) is 19.1 Å². The van der Waals surface area contributed by atoms with Crippen LogP contribution in [0.2, 0.25) is 0 Å². The van der Waals surface area contributed by atoms with E-state index in [2.05, 4.69) is 11.8 Å². The Bertz CT molecular complexity index is 168. The van der Waals surface area contributed by atoms with Crippen molar-refractivity contribution in [3.63, 3.8) is 0 Å². The summed E-state index contributed by atoms with van der Waals surface area (Å²) in [5, 5.41) is 8.06. The molecule has 0 amide bonds.